The molecule has 3 N–H and O–H groups in total. The van der Waals surface area contributed by atoms with Gasteiger partial charge in [0, 0.05) is 17.3 Å². The molecule has 2 aromatic rings. The molecule has 0 fully saturated rings. The first-order valence-electron chi connectivity index (χ1n) is 5.46. The Bertz CT molecular complexity index is 597. The van der Waals surface area contributed by atoms with Crippen LogP contribution in [0, 0.1) is 0 Å². The van der Waals surface area contributed by atoms with Gasteiger partial charge in [-0.25, -0.2) is 0 Å². The van der Waals surface area contributed by atoms with Crippen LogP contribution in [0.15, 0.2) is 36.5 Å². The van der Waals surface area contributed by atoms with Gasteiger partial charge in [-0.2, -0.15) is 13.2 Å². The lowest BCUT2D eigenvalue weighted by Gasteiger charge is -2.14. The number of anilines is 1. The molecule has 1 aromatic heterocycles. The number of aliphatic hydroxyl groups excluding tert-OH is 1. The minimum absolute atomic E-state index is 0.0273. The van der Waals surface area contributed by atoms with Gasteiger partial charge in [-0.1, -0.05) is 18.2 Å². The predicted octanol–water partition coefficient (Wildman–Crippen LogP) is 2.84. The summed E-state index contributed by atoms with van der Waals surface area (Å²) in [6, 6.07) is 6.54. The summed E-state index contributed by atoms with van der Waals surface area (Å²) in [5.41, 5.74) is 5.29. The first-order valence-corrected chi connectivity index (χ1v) is 5.46. The van der Waals surface area contributed by atoms with Gasteiger partial charge >= 0.3 is 6.18 Å². The summed E-state index contributed by atoms with van der Waals surface area (Å²) in [4.78, 5) is 3.90. The Balaban J connectivity index is 2.67. The maximum atomic E-state index is 12.9. The van der Waals surface area contributed by atoms with E-state index in [1.807, 2.05) is 0 Å². The highest BCUT2D eigenvalue weighted by atomic mass is 19.4. The van der Waals surface area contributed by atoms with Crippen molar-refractivity contribution in [3.63, 3.8) is 0 Å². The molecule has 1 aromatic carbocycles. The van der Waals surface area contributed by atoms with E-state index in [-0.39, 0.29) is 23.6 Å². The van der Waals surface area contributed by atoms with E-state index in [0.29, 0.717) is 5.56 Å². The molecule has 6 heteroatoms. The summed E-state index contributed by atoms with van der Waals surface area (Å²) in [6.07, 6.45) is -3.16. The van der Waals surface area contributed by atoms with Gasteiger partial charge in [0.1, 0.15) is 0 Å². The first kappa shape index (κ1) is 13.4. The average molecular weight is 268 g/mol. The fraction of sp³-hybridized carbons (Fsp3) is 0.154. The molecule has 19 heavy (non-hydrogen) atoms. The zero-order valence-corrected chi connectivity index (χ0v) is 9.78. The minimum atomic E-state index is -4.49. The number of hydrogen-bond acceptors (Lipinski definition) is 3. The van der Waals surface area contributed by atoms with Crippen molar-refractivity contribution in [2.75, 3.05) is 5.73 Å². The second-order valence-electron chi connectivity index (χ2n) is 3.93. The van der Waals surface area contributed by atoms with Crippen LogP contribution in [0.5, 0.6) is 0 Å². The fourth-order valence-electron chi connectivity index (χ4n) is 1.80. The van der Waals surface area contributed by atoms with Crippen molar-refractivity contribution < 1.29 is 18.3 Å². The Hall–Kier alpha value is -2.08. The molecule has 0 aliphatic carbocycles. The number of benzene rings is 1. The van der Waals surface area contributed by atoms with Gasteiger partial charge in [0.05, 0.1) is 23.6 Å². The molecule has 0 bridgehead atoms. The monoisotopic (exact) mass is 268 g/mol. The SMILES string of the molecule is Nc1c(CO)ccnc1-c1ccccc1C(F)(F)F. The second-order valence-corrected chi connectivity index (χ2v) is 3.93. The zero-order valence-electron chi connectivity index (χ0n) is 9.78. The van der Waals surface area contributed by atoms with Crippen LogP contribution in [0.25, 0.3) is 11.3 Å². The van der Waals surface area contributed by atoms with E-state index in [2.05, 4.69) is 4.98 Å². The Labute approximate surface area is 107 Å². The van der Waals surface area contributed by atoms with Gasteiger partial charge in [-0.3, -0.25) is 4.98 Å². The lowest BCUT2D eigenvalue weighted by molar-refractivity contribution is -0.137. The number of nitrogens with zero attached hydrogens (tertiary/aromatic N) is 1. The Morgan fingerprint density at radius 1 is 1.16 bits per heavy atom. The number of aromatic nitrogens is 1. The zero-order chi connectivity index (χ0) is 14.0. The summed E-state index contributed by atoms with van der Waals surface area (Å²) in [7, 11) is 0. The summed E-state index contributed by atoms with van der Waals surface area (Å²) in [6.45, 7) is -0.352. The van der Waals surface area contributed by atoms with Crippen LogP contribution in [0.3, 0.4) is 0 Å². The summed E-state index contributed by atoms with van der Waals surface area (Å²) in [5, 5.41) is 9.09. The second kappa shape index (κ2) is 4.89. The molecule has 0 radical (unpaired) electrons. The van der Waals surface area contributed by atoms with Crippen LogP contribution in [-0.4, -0.2) is 10.1 Å². The van der Waals surface area contributed by atoms with Crippen LogP contribution < -0.4 is 5.73 Å². The van der Waals surface area contributed by atoms with Crippen LogP contribution in [-0.2, 0) is 12.8 Å². The van der Waals surface area contributed by atoms with E-state index in [4.69, 9.17) is 10.8 Å². The molecule has 2 rings (SSSR count). The van der Waals surface area contributed by atoms with Crippen molar-refractivity contribution in [1.82, 2.24) is 4.98 Å². The highest BCUT2D eigenvalue weighted by molar-refractivity contribution is 5.77. The minimum Gasteiger partial charge on any atom is -0.397 e. The molecule has 0 aliphatic rings. The topological polar surface area (TPSA) is 59.1 Å². The number of nitrogens with two attached hydrogens (primary N) is 1. The van der Waals surface area contributed by atoms with Crippen molar-refractivity contribution in [1.29, 1.82) is 0 Å². The van der Waals surface area contributed by atoms with E-state index in [9.17, 15) is 13.2 Å². The van der Waals surface area contributed by atoms with Crippen molar-refractivity contribution in [2.45, 2.75) is 12.8 Å². The molecule has 0 spiro atoms. The molecule has 0 aliphatic heterocycles. The van der Waals surface area contributed by atoms with Gasteiger partial charge in [-0.15, -0.1) is 0 Å². The predicted molar refractivity (Wildman–Crippen MR) is 65.0 cm³/mol. The van der Waals surface area contributed by atoms with E-state index < -0.39 is 11.7 Å². The standard InChI is InChI=1S/C13H11F3N2O/c14-13(15,16)10-4-2-1-3-9(10)12-11(17)8(7-19)5-6-18-12/h1-6,19H,7,17H2. The number of alkyl halides is 3. The molecule has 0 unspecified atom stereocenters. The van der Waals surface area contributed by atoms with Crippen molar-refractivity contribution in [3.05, 3.63) is 47.7 Å². The third-order valence-corrected chi connectivity index (χ3v) is 2.74. The first-order chi connectivity index (χ1) is 8.95. The maximum absolute atomic E-state index is 12.9. The molecular weight excluding hydrogens is 257 g/mol. The number of halogens is 3. The van der Waals surface area contributed by atoms with Gasteiger partial charge in [0.25, 0.3) is 0 Å². The van der Waals surface area contributed by atoms with Crippen LogP contribution in [0.2, 0.25) is 0 Å². The molecule has 0 saturated heterocycles. The van der Waals surface area contributed by atoms with Crippen molar-refractivity contribution >= 4 is 5.69 Å². The van der Waals surface area contributed by atoms with Gasteiger partial charge in [0.15, 0.2) is 0 Å². The van der Waals surface area contributed by atoms with E-state index in [1.165, 1.54) is 30.5 Å². The fourth-order valence-corrected chi connectivity index (χ4v) is 1.80. The van der Waals surface area contributed by atoms with Gasteiger partial charge in [-0.05, 0) is 12.1 Å². The maximum Gasteiger partial charge on any atom is 0.417 e. The highest BCUT2D eigenvalue weighted by Gasteiger charge is 2.34. The Morgan fingerprint density at radius 2 is 1.84 bits per heavy atom. The van der Waals surface area contributed by atoms with Crippen LogP contribution in [0.1, 0.15) is 11.1 Å². The summed E-state index contributed by atoms with van der Waals surface area (Å²) in [5.74, 6) is 0. The number of rotatable bonds is 2. The normalized spacial score (nSPS) is 11.6. The Morgan fingerprint density at radius 3 is 2.47 bits per heavy atom. The quantitative estimate of drug-likeness (QED) is 0.880. The summed E-state index contributed by atoms with van der Waals surface area (Å²) < 4.78 is 38.8. The molecule has 0 atom stereocenters. The molecule has 0 saturated carbocycles. The largest absolute Gasteiger partial charge is 0.417 e. The lowest BCUT2D eigenvalue weighted by atomic mass is 10.0. The van der Waals surface area contributed by atoms with Crippen molar-refractivity contribution in [2.24, 2.45) is 0 Å². The number of pyridine rings is 1. The molecular formula is C13H11F3N2O. The van der Waals surface area contributed by atoms with Crippen molar-refractivity contribution in [3.8, 4) is 11.3 Å². The van der Waals surface area contributed by atoms with E-state index >= 15 is 0 Å². The third kappa shape index (κ3) is 2.53. The van der Waals surface area contributed by atoms with Gasteiger partial charge in [0.2, 0.25) is 0 Å². The number of nitrogen functional groups attached to an aromatic ring is 1. The smallest absolute Gasteiger partial charge is 0.397 e. The average Bonchev–Trinajstić information content (AvgIpc) is 2.38. The number of hydrogen-bond donors (Lipinski definition) is 2. The van der Waals surface area contributed by atoms with E-state index in [0.717, 1.165) is 6.07 Å². The number of aliphatic hydroxyl groups is 1. The molecule has 0 amide bonds. The van der Waals surface area contributed by atoms with Crippen LogP contribution in [0.4, 0.5) is 18.9 Å². The van der Waals surface area contributed by atoms with E-state index in [1.54, 1.807) is 0 Å². The highest BCUT2D eigenvalue weighted by Crippen LogP contribution is 2.38. The van der Waals surface area contributed by atoms with Crippen LogP contribution >= 0.6 is 0 Å². The molecule has 100 valence electrons. The summed E-state index contributed by atoms with van der Waals surface area (Å²) >= 11 is 0. The molecule has 1 heterocycles. The molecule has 3 nitrogen and oxygen atoms in total. The third-order valence-electron chi connectivity index (χ3n) is 2.74. The lowest BCUT2D eigenvalue weighted by Crippen LogP contribution is -2.09. The van der Waals surface area contributed by atoms with Gasteiger partial charge < -0.3 is 10.8 Å². The Kier molecular flexibility index (Phi) is 3.44.